The standard InChI is InChI=1S/C17H17BrN2O/c1-12(20-16(21)13-6-10-19-11-7-13)17(8-9-17)14-2-4-15(18)5-3-14/h2-7,10-12H,8-9H2,1H3,(H,20,21). The molecule has 3 rings (SSSR count). The Bertz CT molecular complexity index is 636. The molecule has 1 aromatic carbocycles. The second-order valence-electron chi connectivity index (χ2n) is 5.59. The van der Waals surface area contributed by atoms with Crippen LogP contribution in [0.15, 0.2) is 53.3 Å². The zero-order valence-electron chi connectivity index (χ0n) is 11.8. The van der Waals surface area contributed by atoms with Gasteiger partial charge < -0.3 is 5.32 Å². The first kappa shape index (κ1) is 14.3. The van der Waals surface area contributed by atoms with E-state index in [9.17, 15) is 4.79 Å². The minimum Gasteiger partial charge on any atom is -0.349 e. The van der Waals surface area contributed by atoms with Crippen molar-refractivity contribution in [3.63, 3.8) is 0 Å². The largest absolute Gasteiger partial charge is 0.349 e. The second-order valence-corrected chi connectivity index (χ2v) is 6.51. The molecule has 1 aliphatic carbocycles. The predicted molar refractivity (Wildman–Crippen MR) is 86.2 cm³/mol. The number of pyridine rings is 1. The van der Waals surface area contributed by atoms with Gasteiger partial charge >= 0.3 is 0 Å². The van der Waals surface area contributed by atoms with Gasteiger partial charge in [0.05, 0.1) is 0 Å². The lowest BCUT2D eigenvalue weighted by Crippen LogP contribution is -2.41. The van der Waals surface area contributed by atoms with Crippen LogP contribution in [0.5, 0.6) is 0 Å². The summed E-state index contributed by atoms with van der Waals surface area (Å²) in [6.07, 6.45) is 5.52. The Labute approximate surface area is 132 Å². The lowest BCUT2D eigenvalue weighted by Gasteiger charge is -2.25. The molecule has 0 saturated heterocycles. The molecule has 2 aromatic rings. The maximum atomic E-state index is 12.3. The molecular formula is C17H17BrN2O. The van der Waals surface area contributed by atoms with Gasteiger partial charge in [0.1, 0.15) is 0 Å². The third-order valence-corrected chi connectivity index (χ3v) is 4.86. The van der Waals surface area contributed by atoms with Crippen LogP contribution in [-0.2, 0) is 5.41 Å². The Balaban J connectivity index is 1.75. The fourth-order valence-corrected chi connectivity index (χ4v) is 3.07. The molecule has 1 N–H and O–H groups in total. The highest BCUT2D eigenvalue weighted by Crippen LogP contribution is 2.51. The molecule has 0 radical (unpaired) electrons. The van der Waals surface area contributed by atoms with Gasteiger partial charge in [-0.15, -0.1) is 0 Å². The summed E-state index contributed by atoms with van der Waals surface area (Å²) in [7, 11) is 0. The van der Waals surface area contributed by atoms with Gasteiger partial charge in [-0.2, -0.15) is 0 Å². The fraction of sp³-hybridized carbons (Fsp3) is 0.294. The maximum Gasteiger partial charge on any atom is 0.251 e. The summed E-state index contributed by atoms with van der Waals surface area (Å²) in [5, 5.41) is 3.13. The maximum absolute atomic E-state index is 12.3. The molecule has 0 bridgehead atoms. The zero-order valence-corrected chi connectivity index (χ0v) is 13.4. The van der Waals surface area contributed by atoms with Gasteiger partial charge in [0.25, 0.3) is 5.91 Å². The highest BCUT2D eigenvalue weighted by atomic mass is 79.9. The van der Waals surface area contributed by atoms with Crippen LogP contribution in [-0.4, -0.2) is 16.9 Å². The molecule has 21 heavy (non-hydrogen) atoms. The first-order valence-electron chi connectivity index (χ1n) is 7.09. The van der Waals surface area contributed by atoms with Crippen LogP contribution in [0.3, 0.4) is 0 Å². The number of halogens is 1. The lowest BCUT2D eigenvalue weighted by atomic mass is 9.89. The van der Waals surface area contributed by atoms with E-state index in [1.54, 1.807) is 24.5 Å². The fourth-order valence-electron chi connectivity index (χ4n) is 2.81. The van der Waals surface area contributed by atoms with Crippen molar-refractivity contribution in [2.75, 3.05) is 0 Å². The molecule has 108 valence electrons. The Morgan fingerprint density at radius 1 is 1.19 bits per heavy atom. The first-order valence-corrected chi connectivity index (χ1v) is 7.88. The van der Waals surface area contributed by atoms with E-state index >= 15 is 0 Å². The number of rotatable bonds is 4. The summed E-state index contributed by atoms with van der Waals surface area (Å²) in [4.78, 5) is 16.2. The number of hydrogen-bond acceptors (Lipinski definition) is 2. The number of nitrogens with one attached hydrogen (secondary N) is 1. The van der Waals surface area contributed by atoms with E-state index < -0.39 is 0 Å². The molecule has 4 heteroatoms. The number of aromatic nitrogens is 1. The van der Waals surface area contributed by atoms with Crippen LogP contribution in [0.2, 0.25) is 0 Å². The number of benzene rings is 1. The van der Waals surface area contributed by atoms with Gasteiger partial charge in [-0.3, -0.25) is 9.78 Å². The zero-order chi connectivity index (χ0) is 14.9. The molecule has 0 spiro atoms. The average molecular weight is 345 g/mol. The van der Waals surface area contributed by atoms with Gasteiger partial charge in [-0.1, -0.05) is 28.1 Å². The molecular weight excluding hydrogens is 328 g/mol. The predicted octanol–water partition coefficient (Wildman–Crippen LogP) is 3.69. The Morgan fingerprint density at radius 3 is 2.38 bits per heavy atom. The molecule has 1 heterocycles. The Hall–Kier alpha value is -1.68. The quantitative estimate of drug-likeness (QED) is 0.918. The molecule has 3 nitrogen and oxygen atoms in total. The topological polar surface area (TPSA) is 42.0 Å². The monoisotopic (exact) mass is 344 g/mol. The Morgan fingerprint density at radius 2 is 1.81 bits per heavy atom. The van der Waals surface area contributed by atoms with Crippen molar-refractivity contribution in [1.29, 1.82) is 0 Å². The van der Waals surface area contributed by atoms with Gasteiger partial charge in [-0.05, 0) is 49.6 Å². The molecule has 1 aliphatic rings. The molecule has 1 aromatic heterocycles. The van der Waals surface area contributed by atoms with E-state index in [1.807, 2.05) is 0 Å². The van der Waals surface area contributed by atoms with Crippen molar-refractivity contribution in [3.8, 4) is 0 Å². The van der Waals surface area contributed by atoms with E-state index in [1.165, 1.54) is 5.56 Å². The first-order chi connectivity index (χ1) is 10.1. The van der Waals surface area contributed by atoms with Crippen LogP contribution >= 0.6 is 15.9 Å². The second kappa shape index (κ2) is 5.60. The van der Waals surface area contributed by atoms with Gasteiger partial charge in [0.15, 0.2) is 0 Å². The number of carbonyl (C=O) groups excluding carboxylic acids is 1. The summed E-state index contributed by atoms with van der Waals surface area (Å²) in [6, 6.07) is 12.0. The third-order valence-electron chi connectivity index (χ3n) is 4.33. The lowest BCUT2D eigenvalue weighted by molar-refractivity contribution is 0.0931. The van der Waals surface area contributed by atoms with Crippen LogP contribution < -0.4 is 5.32 Å². The molecule has 1 saturated carbocycles. The van der Waals surface area contributed by atoms with Crippen LogP contribution in [0.4, 0.5) is 0 Å². The van der Waals surface area contributed by atoms with Crippen LogP contribution in [0, 0.1) is 0 Å². The summed E-state index contributed by atoms with van der Waals surface area (Å²) in [5.41, 5.74) is 2.04. The van der Waals surface area contributed by atoms with Crippen LogP contribution in [0.25, 0.3) is 0 Å². The summed E-state index contributed by atoms with van der Waals surface area (Å²) in [6.45, 7) is 2.09. The van der Waals surface area contributed by atoms with Crippen molar-refractivity contribution in [3.05, 3.63) is 64.4 Å². The van der Waals surface area contributed by atoms with Gasteiger partial charge in [-0.25, -0.2) is 0 Å². The number of carbonyl (C=O) groups is 1. The number of amides is 1. The van der Waals surface area contributed by atoms with E-state index in [-0.39, 0.29) is 17.4 Å². The van der Waals surface area contributed by atoms with Gasteiger partial charge in [0.2, 0.25) is 0 Å². The summed E-state index contributed by atoms with van der Waals surface area (Å²) >= 11 is 3.46. The minimum absolute atomic E-state index is 0.0340. The van der Waals surface area contributed by atoms with Crippen LogP contribution in [0.1, 0.15) is 35.7 Å². The smallest absolute Gasteiger partial charge is 0.251 e. The highest BCUT2D eigenvalue weighted by molar-refractivity contribution is 9.10. The highest BCUT2D eigenvalue weighted by Gasteiger charge is 2.49. The van der Waals surface area contributed by atoms with Crippen molar-refractivity contribution >= 4 is 21.8 Å². The van der Waals surface area contributed by atoms with E-state index in [0.29, 0.717) is 5.56 Å². The summed E-state index contributed by atoms with van der Waals surface area (Å²) in [5.74, 6) is -0.0340. The normalized spacial score (nSPS) is 17.0. The Kier molecular flexibility index (Phi) is 3.81. The van der Waals surface area contributed by atoms with E-state index in [0.717, 1.165) is 17.3 Å². The minimum atomic E-state index is -0.0340. The summed E-state index contributed by atoms with van der Waals surface area (Å²) < 4.78 is 1.08. The van der Waals surface area contributed by atoms with Crippen molar-refractivity contribution in [2.45, 2.75) is 31.2 Å². The van der Waals surface area contributed by atoms with Crippen molar-refractivity contribution in [2.24, 2.45) is 0 Å². The van der Waals surface area contributed by atoms with Gasteiger partial charge in [0, 0.05) is 33.9 Å². The average Bonchev–Trinajstić information content (AvgIpc) is 3.30. The number of nitrogens with zero attached hydrogens (tertiary/aromatic N) is 1. The third kappa shape index (κ3) is 2.86. The molecule has 1 atom stereocenters. The van der Waals surface area contributed by atoms with E-state index in [4.69, 9.17) is 0 Å². The molecule has 1 fully saturated rings. The number of hydrogen-bond donors (Lipinski definition) is 1. The molecule has 1 amide bonds. The van der Waals surface area contributed by atoms with Crippen molar-refractivity contribution < 1.29 is 4.79 Å². The van der Waals surface area contributed by atoms with E-state index in [2.05, 4.69) is 57.4 Å². The SMILES string of the molecule is CC(NC(=O)c1ccncc1)C1(c2ccc(Br)cc2)CC1. The molecule has 1 unspecified atom stereocenters. The van der Waals surface area contributed by atoms with Crippen molar-refractivity contribution in [1.82, 2.24) is 10.3 Å². The molecule has 0 aliphatic heterocycles.